The molecule has 0 saturated carbocycles. The van der Waals surface area contributed by atoms with Crippen LogP contribution in [-0.4, -0.2) is 28.1 Å². The molecule has 0 radical (unpaired) electrons. The molecule has 1 aromatic heterocycles. The minimum absolute atomic E-state index is 0.0161. The molecule has 0 aliphatic carbocycles. The molecule has 0 atom stereocenters. The van der Waals surface area contributed by atoms with Crippen molar-refractivity contribution in [3.63, 3.8) is 0 Å². The Bertz CT molecular complexity index is 457. The first kappa shape index (κ1) is 16.3. The number of hydrogen-bond acceptors (Lipinski definition) is 5. The van der Waals surface area contributed by atoms with E-state index in [4.69, 9.17) is 10.5 Å². The van der Waals surface area contributed by atoms with Gasteiger partial charge >= 0.3 is 0 Å². The monoisotopic (exact) mass is 282 g/mol. The third-order valence-corrected chi connectivity index (χ3v) is 2.99. The van der Waals surface area contributed by atoms with Crippen LogP contribution in [0.15, 0.2) is 11.1 Å². The topological polar surface area (TPSA) is 85.7 Å². The molecule has 3 N–H and O–H groups in total. The van der Waals surface area contributed by atoms with Gasteiger partial charge in [0.2, 0.25) is 11.8 Å². The van der Waals surface area contributed by atoms with Gasteiger partial charge in [-0.2, -0.15) is 4.98 Å². The predicted octanol–water partition coefficient (Wildman–Crippen LogP) is 2.36. The zero-order valence-corrected chi connectivity index (χ0v) is 12.5. The van der Waals surface area contributed by atoms with Crippen LogP contribution in [0.4, 0.5) is 5.95 Å². The number of anilines is 1. The Morgan fingerprint density at radius 1 is 1.25 bits per heavy atom. The maximum absolute atomic E-state index is 9.74. The first-order valence-corrected chi connectivity index (χ1v) is 7.41. The lowest BCUT2D eigenvalue weighted by atomic mass is 10.1. The van der Waals surface area contributed by atoms with Crippen LogP contribution >= 0.6 is 0 Å². The van der Waals surface area contributed by atoms with Crippen molar-refractivity contribution in [3.05, 3.63) is 11.6 Å². The molecule has 0 saturated heterocycles. The van der Waals surface area contributed by atoms with Gasteiger partial charge in [0.15, 0.2) is 5.49 Å². The Balaban J connectivity index is 2.54. The molecule has 0 spiro atoms. The van der Waals surface area contributed by atoms with E-state index in [1.54, 1.807) is 6.07 Å². The summed E-state index contributed by atoms with van der Waals surface area (Å²) < 4.78 is 6.07. The van der Waals surface area contributed by atoms with Gasteiger partial charge in [-0.1, -0.05) is 39.0 Å². The van der Waals surface area contributed by atoms with E-state index in [0.29, 0.717) is 24.5 Å². The fraction of sp³-hybridized carbons (Fsp3) is 0.714. The number of hydrogen-bond donors (Lipinski definition) is 2. The second-order valence-corrected chi connectivity index (χ2v) is 4.71. The van der Waals surface area contributed by atoms with E-state index >= 15 is 0 Å². The van der Waals surface area contributed by atoms with Crippen molar-refractivity contribution in [2.75, 3.05) is 18.9 Å². The summed E-state index contributed by atoms with van der Waals surface area (Å²) in [6.07, 6.45) is 7.25. The largest absolute Gasteiger partial charge is 0.478 e. The van der Waals surface area contributed by atoms with E-state index in [1.165, 1.54) is 25.7 Å². The van der Waals surface area contributed by atoms with Gasteiger partial charge in [0.1, 0.15) is 0 Å². The number of aromatic nitrogens is 2. The van der Waals surface area contributed by atoms with Crippen LogP contribution in [0.5, 0.6) is 5.88 Å². The van der Waals surface area contributed by atoms with Crippen molar-refractivity contribution in [2.45, 2.75) is 52.4 Å². The van der Waals surface area contributed by atoms with Crippen LogP contribution in [0.1, 0.15) is 52.4 Å². The standard InChI is InChI=1S/C14H26N4O2/c1-3-5-6-7-8-9-10-16-12-11-13(20-4-2)17-14(15)18(12)19/h11,19H,3-10H2,1-2H3,(H2,15,17). The number of nitrogens with zero attached hydrogens (tertiary/aromatic N) is 3. The van der Waals surface area contributed by atoms with Crippen LogP contribution < -0.4 is 16.0 Å². The second kappa shape index (κ2) is 9.23. The van der Waals surface area contributed by atoms with Crippen LogP contribution in [0.2, 0.25) is 0 Å². The van der Waals surface area contributed by atoms with Gasteiger partial charge in [0.05, 0.1) is 6.61 Å². The van der Waals surface area contributed by atoms with E-state index in [1.807, 2.05) is 6.92 Å². The van der Waals surface area contributed by atoms with Crippen LogP contribution in [0.25, 0.3) is 0 Å². The highest BCUT2D eigenvalue weighted by Gasteiger charge is 2.03. The lowest BCUT2D eigenvalue weighted by molar-refractivity contribution is 0.172. The van der Waals surface area contributed by atoms with Crippen molar-refractivity contribution >= 4 is 5.95 Å². The molecule has 0 unspecified atom stereocenters. The summed E-state index contributed by atoms with van der Waals surface area (Å²) in [5, 5.41) is 9.74. The van der Waals surface area contributed by atoms with Crippen LogP contribution in [0, 0.1) is 0 Å². The molecule has 1 aromatic rings. The highest BCUT2D eigenvalue weighted by Crippen LogP contribution is 2.06. The average molecular weight is 282 g/mol. The van der Waals surface area contributed by atoms with Crippen LogP contribution in [-0.2, 0) is 0 Å². The molecule has 0 amide bonds. The van der Waals surface area contributed by atoms with Gasteiger partial charge in [-0.05, 0) is 13.3 Å². The number of ether oxygens (including phenoxy) is 1. The zero-order valence-electron chi connectivity index (χ0n) is 12.5. The molecule has 0 aliphatic heterocycles. The van der Waals surface area contributed by atoms with E-state index in [9.17, 15) is 5.21 Å². The predicted molar refractivity (Wildman–Crippen MR) is 78.8 cm³/mol. The van der Waals surface area contributed by atoms with Crippen LogP contribution in [0.3, 0.4) is 0 Å². The fourth-order valence-corrected chi connectivity index (χ4v) is 1.90. The molecule has 20 heavy (non-hydrogen) atoms. The van der Waals surface area contributed by atoms with Gasteiger partial charge in [-0.25, -0.2) is 0 Å². The Kier molecular flexibility index (Phi) is 7.54. The molecule has 1 rings (SSSR count). The number of nitrogens with two attached hydrogens (primary N) is 1. The highest BCUT2D eigenvalue weighted by molar-refractivity contribution is 5.21. The molecule has 6 nitrogen and oxygen atoms in total. The minimum atomic E-state index is -0.0161. The molecule has 0 bridgehead atoms. The average Bonchev–Trinajstić information content (AvgIpc) is 2.43. The summed E-state index contributed by atoms with van der Waals surface area (Å²) in [6.45, 7) is 5.24. The highest BCUT2D eigenvalue weighted by atomic mass is 16.5. The van der Waals surface area contributed by atoms with Gasteiger partial charge in [-0.15, -0.1) is 4.73 Å². The molecular weight excluding hydrogens is 256 g/mol. The molecular formula is C14H26N4O2. The number of rotatable bonds is 9. The molecule has 1 heterocycles. The smallest absolute Gasteiger partial charge is 0.239 e. The van der Waals surface area contributed by atoms with Gasteiger partial charge in [-0.3, -0.25) is 4.99 Å². The summed E-state index contributed by atoms with van der Waals surface area (Å²) in [5.74, 6) is 0.370. The lowest BCUT2D eigenvalue weighted by Gasteiger charge is -2.06. The lowest BCUT2D eigenvalue weighted by Crippen LogP contribution is -2.23. The second-order valence-electron chi connectivity index (χ2n) is 4.71. The molecule has 0 aliphatic rings. The van der Waals surface area contributed by atoms with Crippen molar-refractivity contribution in [3.8, 4) is 5.88 Å². The normalized spacial score (nSPS) is 11.8. The summed E-state index contributed by atoms with van der Waals surface area (Å²) >= 11 is 0. The first-order valence-electron chi connectivity index (χ1n) is 7.41. The van der Waals surface area contributed by atoms with Gasteiger partial charge in [0.25, 0.3) is 0 Å². The van der Waals surface area contributed by atoms with Crippen molar-refractivity contribution in [2.24, 2.45) is 4.99 Å². The maximum atomic E-state index is 9.74. The van der Waals surface area contributed by atoms with Gasteiger partial charge < -0.3 is 15.7 Å². The minimum Gasteiger partial charge on any atom is -0.478 e. The van der Waals surface area contributed by atoms with Crippen molar-refractivity contribution < 1.29 is 9.94 Å². The fourth-order valence-electron chi connectivity index (χ4n) is 1.90. The molecule has 0 fully saturated rings. The Hall–Kier alpha value is -1.72. The Morgan fingerprint density at radius 2 is 1.95 bits per heavy atom. The van der Waals surface area contributed by atoms with Gasteiger partial charge in [0, 0.05) is 12.6 Å². The van der Waals surface area contributed by atoms with Crippen molar-refractivity contribution in [1.29, 1.82) is 0 Å². The SMILES string of the molecule is CCCCCCCCN=c1cc(OCC)nc(N)n1O. The number of nitrogen functional groups attached to an aromatic ring is 1. The summed E-state index contributed by atoms with van der Waals surface area (Å²) in [4.78, 5) is 8.25. The van der Waals surface area contributed by atoms with Crippen molar-refractivity contribution in [1.82, 2.24) is 9.71 Å². The molecule has 0 aromatic carbocycles. The molecule has 114 valence electrons. The van der Waals surface area contributed by atoms with E-state index in [-0.39, 0.29) is 5.95 Å². The Morgan fingerprint density at radius 3 is 2.65 bits per heavy atom. The Labute approximate surface area is 120 Å². The zero-order chi connectivity index (χ0) is 14.8. The molecule has 6 heteroatoms. The summed E-state index contributed by atoms with van der Waals surface area (Å²) in [6, 6.07) is 1.59. The summed E-state index contributed by atoms with van der Waals surface area (Å²) in [7, 11) is 0. The summed E-state index contributed by atoms with van der Waals surface area (Å²) in [5.41, 5.74) is 5.98. The number of unbranched alkanes of at least 4 members (excludes halogenated alkanes) is 5. The third-order valence-electron chi connectivity index (χ3n) is 2.99. The van der Waals surface area contributed by atoms with E-state index in [2.05, 4.69) is 16.9 Å². The maximum Gasteiger partial charge on any atom is 0.239 e. The van der Waals surface area contributed by atoms with E-state index in [0.717, 1.165) is 17.6 Å². The first-order chi connectivity index (χ1) is 9.69. The quantitative estimate of drug-likeness (QED) is 0.538. The third kappa shape index (κ3) is 5.50. The van der Waals surface area contributed by atoms with E-state index < -0.39 is 0 Å².